The second kappa shape index (κ2) is 5.46. The van der Waals surface area contributed by atoms with Crippen LogP contribution in [0.3, 0.4) is 0 Å². The molecule has 2 rings (SSSR count). The Balaban J connectivity index is 1.89. The van der Waals surface area contributed by atoms with Crippen molar-refractivity contribution >= 4 is 11.3 Å². The SMILES string of the molecule is CCC1(CNC(C)c2ncc(C)s2)CCCN1. The molecule has 0 amide bonds. The van der Waals surface area contributed by atoms with Gasteiger partial charge in [0.05, 0.1) is 6.04 Å². The summed E-state index contributed by atoms with van der Waals surface area (Å²) in [4.78, 5) is 5.73. The Labute approximate surface area is 108 Å². The Bertz CT molecular complexity index is 355. The van der Waals surface area contributed by atoms with E-state index in [0.29, 0.717) is 11.6 Å². The van der Waals surface area contributed by atoms with E-state index in [2.05, 4.69) is 36.4 Å². The zero-order valence-electron chi connectivity index (χ0n) is 11.0. The summed E-state index contributed by atoms with van der Waals surface area (Å²) in [5.74, 6) is 0. The summed E-state index contributed by atoms with van der Waals surface area (Å²) in [5, 5.41) is 8.48. The number of aromatic nitrogens is 1. The van der Waals surface area contributed by atoms with Crippen molar-refractivity contribution in [3.8, 4) is 0 Å². The van der Waals surface area contributed by atoms with Crippen LogP contribution in [0, 0.1) is 6.92 Å². The van der Waals surface area contributed by atoms with Crippen molar-refractivity contribution in [1.29, 1.82) is 0 Å². The standard InChI is InChI=1S/C13H23N3S/c1-4-13(6-5-7-16-13)9-15-11(3)12-14-8-10(2)17-12/h8,11,15-16H,4-7,9H2,1-3H3. The first-order chi connectivity index (χ1) is 8.15. The topological polar surface area (TPSA) is 37.0 Å². The minimum absolute atomic E-state index is 0.320. The largest absolute Gasteiger partial charge is 0.310 e. The van der Waals surface area contributed by atoms with Gasteiger partial charge in [-0.15, -0.1) is 11.3 Å². The fraction of sp³-hybridized carbons (Fsp3) is 0.769. The monoisotopic (exact) mass is 253 g/mol. The molecular weight excluding hydrogens is 230 g/mol. The van der Waals surface area contributed by atoms with E-state index in [1.54, 1.807) is 11.3 Å². The summed E-state index contributed by atoms with van der Waals surface area (Å²) >= 11 is 1.79. The lowest BCUT2D eigenvalue weighted by molar-refractivity contribution is 0.327. The fourth-order valence-electron chi connectivity index (χ4n) is 2.45. The van der Waals surface area contributed by atoms with Gasteiger partial charge in [0.15, 0.2) is 0 Å². The van der Waals surface area contributed by atoms with Crippen LogP contribution in [0.5, 0.6) is 0 Å². The minimum atomic E-state index is 0.320. The Morgan fingerprint density at radius 3 is 3.00 bits per heavy atom. The lowest BCUT2D eigenvalue weighted by Gasteiger charge is -2.29. The van der Waals surface area contributed by atoms with Gasteiger partial charge in [-0.25, -0.2) is 4.98 Å². The maximum Gasteiger partial charge on any atom is 0.109 e. The van der Waals surface area contributed by atoms with Crippen molar-refractivity contribution in [2.45, 2.75) is 51.6 Å². The maximum absolute atomic E-state index is 4.45. The van der Waals surface area contributed by atoms with Crippen molar-refractivity contribution in [3.63, 3.8) is 0 Å². The van der Waals surface area contributed by atoms with Crippen molar-refractivity contribution in [1.82, 2.24) is 15.6 Å². The van der Waals surface area contributed by atoms with E-state index < -0.39 is 0 Å². The van der Waals surface area contributed by atoms with Gasteiger partial charge in [-0.2, -0.15) is 0 Å². The first-order valence-corrected chi connectivity index (χ1v) is 7.37. The summed E-state index contributed by atoms with van der Waals surface area (Å²) < 4.78 is 0. The number of thiazole rings is 1. The Kier molecular flexibility index (Phi) is 4.17. The van der Waals surface area contributed by atoms with Crippen molar-refractivity contribution in [3.05, 3.63) is 16.1 Å². The van der Waals surface area contributed by atoms with E-state index in [1.165, 1.54) is 35.7 Å². The molecule has 2 N–H and O–H groups in total. The molecular formula is C13H23N3S. The normalized spacial score (nSPS) is 26.3. The number of aryl methyl sites for hydroxylation is 1. The lowest BCUT2D eigenvalue weighted by atomic mass is 9.94. The van der Waals surface area contributed by atoms with Crippen LogP contribution in [0.4, 0.5) is 0 Å². The van der Waals surface area contributed by atoms with Gasteiger partial charge in [-0.3, -0.25) is 0 Å². The van der Waals surface area contributed by atoms with Crippen molar-refractivity contribution in [2.75, 3.05) is 13.1 Å². The molecule has 0 aromatic carbocycles. The molecule has 1 aromatic heterocycles. The average Bonchev–Trinajstić information content (AvgIpc) is 2.95. The van der Waals surface area contributed by atoms with Crippen LogP contribution < -0.4 is 10.6 Å². The molecule has 1 aliphatic heterocycles. The van der Waals surface area contributed by atoms with Gasteiger partial charge in [0.25, 0.3) is 0 Å². The molecule has 4 heteroatoms. The predicted octanol–water partition coefficient (Wildman–Crippen LogP) is 2.63. The molecule has 1 aromatic rings. The first kappa shape index (κ1) is 13.0. The number of hydrogen-bond acceptors (Lipinski definition) is 4. The molecule has 2 unspecified atom stereocenters. The Morgan fingerprint density at radius 1 is 1.65 bits per heavy atom. The molecule has 0 saturated carbocycles. The van der Waals surface area contributed by atoms with E-state index in [4.69, 9.17) is 0 Å². The molecule has 2 atom stereocenters. The number of nitrogens with one attached hydrogen (secondary N) is 2. The van der Waals surface area contributed by atoms with E-state index in [1.807, 2.05) is 6.20 Å². The van der Waals surface area contributed by atoms with Crippen LogP contribution in [-0.4, -0.2) is 23.6 Å². The molecule has 0 spiro atoms. The molecule has 0 bridgehead atoms. The second-order valence-electron chi connectivity index (χ2n) is 5.08. The summed E-state index contributed by atoms with van der Waals surface area (Å²) in [7, 11) is 0. The number of rotatable bonds is 5. The maximum atomic E-state index is 4.45. The number of hydrogen-bond donors (Lipinski definition) is 2. The molecule has 96 valence electrons. The van der Waals surface area contributed by atoms with Gasteiger partial charge in [-0.1, -0.05) is 6.92 Å². The van der Waals surface area contributed by atoms with Crippen LogP contribution in [0.1, 0.15) is 49.0 Å². The third-order valence-electron chi connectivity index (χ3n) is 3.77. The molecule has 0 aliphatic carbocycles. The third kappa shape index (κ3) is 3.06. The highest BCUT2D eigenvalue weighted by Crippen LogP contribution is 2.24. The smallest absolute Gasteiger partial charge is 0.109 e. The molecule has 3 nitrogen and oxygen atoms in total. The van der Waals surface area contributed by atoms with E-state index >= 15 is 0 Å². The minimum Gasteiger partial charge on any atom is -0.310 e. The van der Waals surface area contributed by atoms with Gasteiger partial charge in [0.1, 0.15) is 5.01 Å². The van der Waals surface area contributed by atoms with Crippen LogP contribution in [0.2, 0.25) is 0 Å². The van der Waals surface area contributed by atoms with E-state index in [-0.39, 0.29) is 0 Å². The van der Waals surface area contributed by atoms with Crippen LogP contribution in [0.15, 0.2) is 6.20 Å². The van der Waals surface area contributed by atoms with Crippen molar-refractivity contribution in [2.24, 2.45) is 0 Å². The highest BCUT2D eigenvalue weighted by Gasteiger charge is 2.31. The molecule has 1 fully saturated rings. The lowest BCUT2D eigenvalue weighted by Crippen LogP contribution is -2.48. The highest BCUT2D eigenvalue weighted by molar-refractivity contribution is 7.11. The quantitative estimate of drug-likeness (QED) is 0.847. The fourth-order valence-corrected chi connectivity index (χ4v) is 3.26. The molecule has 1 saturated heterocycles. The number of nitrogens with zero attached hydrogens (tertiary/aromatic N) is 1. The Hall–Kier alpha value is -0.450. The van der Waals surface area contributed by atoms with Crippen LogP contribution in [0.25, 0.3) is 0 Å². The predicted molar refractivity (Wildman–Crippen MR) is 73.5 cm³/mol. The van der Waals surface area contributed by atoms with Gasteiger partial charge in [0.2, 0.25) is 0 Å². The molecule has 2 heterocycles. The van der Waals surface area contributed by atoms with Crippen LogP contribution >= 0.6 is 11.3 Å². The summed E-state index contributed by atoms with van der Waals surface area (Å²) in [5.41, 5.74) is 0.320. The van der Waals surface area contributed by atoms with Gasteiger partial charge < -0.3 is 10.6 Å². The van der Waals surface area contributed by atoms with Gasteiger partial charge in [-0.05, 0) is 39.7 Å². The molecule has 1 aliphatic rings. The van der Waals surface area contributed by atoms with Crippen molar-refractivity contribution < 1.29 is 0 Å². The first-order valence-electron chi connectivity index (χ1n) is 6.56. The Morgan fingerprint density at radius 2 is 2.47 bits per heavy atom. The van der Waals surface area contributed by atoms with Crippen LogP contribution in [-0.2, 0) is 0 Å². The second-order valence-corrected chi connectivity index (χ2v) is 6.34. The van der Waals surface area contributed by atoms with Gasteiger partial charge >= 0.3 is 0 Å². The summed E-state index contributed by atoms with van der Waals surface area (Å²) in [6.45, 7) is 8.80. The average molecular weight is 253 g/mol. The zero-order valence-corrected chi connectivity index (χ0v) is 11.9. The highest BCUT2D eigenvalue weighted by atomic mass is 32.1. The zero-order chi connectivity index (χ0) is 12.3. The summed E-state index contributed by atoms with van der Waals surface area (Å²) in [6, 6.07) is 0.361. The van der Waals surface area contributed by atoms with E-state index in [9.17, 15) is 0 Å². The third-order valence-corrected chi connectivity index (χ3v) is 4.86. The summed E-state index contributed by atoms with van der Waals surface area (Å²) in [6.07, 6.45) is 5.76. The van der Waals surface area contributed by atoms with Gasteiger partial charge in [0, 0.05) is 23.2 Å². The van der Waals surface area contributed by atoms with E-state index in [0.717, 1.165) is 6.54 Å². The molecule has 0 radical (unpaired) electrons. The molecule has 17 heavy (non-hydrogen) atoms.